The number of hydrogen-bond acceptors (Lipinski definition) is 5. The Kier molecular flexibility index (Phi) is 5.54. The summed E-state index contributed by atoms with van der Waals surface area (Å²) >= 11 is 1.94. The van der Waals surface area contributed by atoms with Crippen LogP contribution in [0.25, 0.3) is 16.7 Å². The van der Waals surface area contributed by atoms with E-state index in [0.717, 1.165) is 13.7 Å². The lowest BCUT2D eigenvalue weighted by molar-refractivity contribution is 0.442. The summed E-state index contributed by atoms with van der Waals surface area (Å²) in [5, 5.41) is -0.143. The summed E-state index contributed by atoms with van der Waals surface area (Å²) in [4.78, 5) is 40.4. The number of fused-ring (bicyclic) bond motifs is 1. The fraction of sp³-hybridized carbons (Fsp3) is 0.208. The van der Waals surface area contributed by atoms with E-state index in [1.165, 1.54) is 44.3 Å². The SMILES string of the molecule is Cc1c(Oc2cccc(N)c2F)c2c(=O)n(C3CC3)c(=O)n(-c3ccc(I)cc3F)c2n(C)c1=O. The lowest BCUT2D eigenvalue weighted by Gasteiger charge is -2.20. The minimum absolute atomic E-state index is 0.0227. The van der Waals surface area contributed by atoms with Gasteiger partial charge in [0.15, 0.2) is 17.3 Å². The quantitative estimate of drug-likeness (QED) is 0.288. The molecule has 4 aromatic rings. The third-order valence-electron chi connectivity index (χ3n) is 6.04. The van der Waals surface area contributed by atoms with Gasteiger partial charge in [-0.25, -0.2) is 18.1 Å². The Morgan fingerprint density at radius 3 is 2.46 bits per heavy atom. The number of nitrogen functional groups attached to an aromatic ring is 1. The van der Waals surface area contributed by atoms with Crippen molar-refractivity contribution < 1.29 is 13.5 Å². The second-order valence-corrected chi connectivity index (χ2v) is 9.64. The molecule has 0 spiro atoms. The molecule has 0 amide bonds. The molecule has 2 aromatic carbocycles. The highest BCUT2D eigenvalue weighted by Crippen LogP contribution is 2.36. The summed E-state index contributed by atoms with van der Waals surface area (Å²) in [6.45, 7) is 1.43. The first kappa shape index (κ1) is 23.3. The van der Waals surface area contributed by atoms with Crippen LogP contribution in [0.15, 0.2) is 50.8 Å². The van der Waals surface area contributed by atoms with E-state index in [-0.39, 0.29) is 45.5 Å². The molecule has 2 aromatic heterocycles. The molecule has 1 saturated carbocycles. The lowest BCUT2D eigenvalue weighted by Crippen LogP contribution is -2.42. The van der Waals surface area contributed by atoms with E-state index >= 15 is 4.39 Å². The van der Waals surface area contributed by atoms with Gasteiger partial charge in [-0.3, -0.25) is 18.7 Å². The number of anilines is 1. The summed E-state index contributed by atoms with van der Waals surface area (Å²) in [5.41, 5.74) is 3.14. The average molecular weight is 592 g/mol. The van der Waals surface area contributed by atoms with Gasteiger partial charge in [-0.1, -0.05) is 6.07 Å². The number of nitrogens with zero attached hydrogens (tertiary/aromatic N) is 3. The number of hydrogen-bond donors (Lipinski definition) is 1. The monoisotopic (exact) mass is 592 g/mol. The van der Waals surface area contributed by atoms with Crippen LogP contribution in [0.4, 0.5) is 14.5 Å². The van der Waals surface area contributed by atoms with Crippen LogP contribution in [-0.4, -0.2) is 13.7 Å². The van der Waals surface area contributed by atoms with Crippen molar-refractivity contribution in [3.63, 3.8) is 0 Å². The number of halogens is 3. The Morgan fingerprint density at radius 1 is 1.09 bits per heavy atom. The summed E-state index contributed by atoms with van der Waals surface area (Å²) < 4.78 is 39.4. The van der Waals surface area contributed by atoms with Crippen LogP contribution in [0.5, 0.6) is 11.5 Å². The van der Waals surface area contributed by atoms with Gasteiger partial charge < -0.3 is 10.5 Å². The van der Waals surface area contributed by atoms with Crippen molar-refractivity contribution in [2.24, 2.45) is 7.05 Å². The largest absolute Gasteiger partial charge is 0.453 e. The first-order chi connectivity index (χ1) is 16.6. The van der Waals surface area contributed by atoms with E-state index < -0.39 is 28.4 Å². The van der Waals surface area contributed by atoms with Crippen molar-refractivity contribution in [1.82, 2.24) is 13.7 Å². The fourth-order valence-corrected chi connectivity index (χ4v) is 4.59. The molecule has 1 fully saturated rings. The van der Waals surface area contributed by atoms with Crippen LogP contribution in [0.1, 0.15) is 24.4 Å². The molecule has 1 aliphatic rings. The molecule has 0 aliphatic heterocycles. The van der Waals surface area contributed by atoms with Crippen molar-refractivity contribution in [2.75, 3.05) is 5.73 Å². The molecule has 2 heterocycles. The minimum Gasteiger partial charge on any atom is -0.453 e. The van der Waals surface area contributed by atoms with Gasteiger partial charge in [0.1, 0.15) is 16.9 Å². The van der Waals surface area contributed by atoms with Crippen LogP contribution in [0, 0.1) is 22.1 Å². The first-order valence-corrected chi connectivity index (χ1v) is 11.8. The molecular formula is C24H19F2IN4O4. The van der Waals surface area contributed by atoms with Gasteiger partial charge in [0.25, 0.3) is 11.1 Å². The Hall–Kier alpha value is -3.48. The van der Waals surface area contributed by atoms with Crippen LogP contribution in [0.3, 0.4) is 0 Å². The molecule has 0 bridgehead atoms. The Bertz CT molecular complexity index is 1720. The number of aryl methyl sites for hydroxylation is 1. The van der Waals surface area contributed by atoms with Gasteiger partial charge in [-0.05, 0) is 72.7 Å². The summed E-state index contributed by atoms with van der Waals surface area (Å²) in [6.07, 6.45) is 1.20. The molecule has 0 saturated heterocycles. The third kappa shape index (κ3) is 3.65. The average Bonchev–Trinajstić information content (AvgIpc) is 3.64. The lowest BCUT2D eigenvalue weighted by atomic mass is 10.2. The van der Waals surface area contributed by atoms with E-state index in [0.29, 0.717) is 16.4 Å². The van der Waals surface area contributed by atoms with Crippen LogP contribution >= 0.6 is 22.6 Å². The van der Waals surface area contributed by atoms with E-state index in [1.807, 2.05) is 22.6 Å². The topological polar surface area (TPSA) is 101 Å². The standard InChI is InChI=1S/C24H19F2IN4O4/c1-11-20(35-17-5-3-4-15(28)19(17)26)18-21(29(2)22(11)32)31(16-9-6-12(27)10-14(16)25)24(34)30(23(18)33)13-7-8-13/h3-6,9-10,13H,7-8,28H2,1-2H3. The zero-order valence-electron chi connectivity index (χ0n) is 18.6. The van der Waals surface area contributed by atoms with E-state index in [1.54, 1.807) is 6.07 Å². The number of ether oxygens (including phenoxy) is 1. The van der Waals surface area contributed by atoms with Gasteiger partial charge in [0.2, 0.25) is 0 Å². The predicted octanol–water partition coefficient (Wildman–Crippen LogP) is 3.75. The van der Waals surface area contributed by atoms with Gasteiger partial charge >= 0.3 is 5.69 Å². The fourth-order valence-electron chi connectivity index (χ4n) is 4.14. The maximum Gasteiger partial charge on any atom is 0.337 e. The second kappa shape index (κ2) is 8.33. The van der Waals surface area contributed by atoms with E-state index in [4.69, 9.17) is 10.5 Å². The highest BCUT2D eigenvalue weighted by molar-refractivity contribution is 14.1. The molecule has 180 valence electrons. The van der Waals surface area contributed by atoms with Gasteiger partial charge in [0.05, 0.1) is 16.9 Å². The van der Waals surface area contributed by atoms with Crippen molar-refractivity contribution in [1.29, 1.82) is 0 Å². The number of nitrogens with two attached hydrogens (primary N) is 1. The minimum atomic E-state index is -0.861. The molecule has 35 heavy (non-hydrogen) atoms. The molecule has 8 nitrogen and oxygen atoms in total. The molecule has 11 heteroatoms. The van der Waals surface area contributed by atoms with Crippen molar-refractivity contribution >= 4 is 39.3 Å². The highest BCUT2D eigenvalue weighted by Gasteiger charge is 2.32. The van der Waals surface area contributed by atoms with Crippen molar-refractivity contribution in [3.8, 4) is 17.2 Å². The van der Waals surface area contributed by atoms with Crippen molar-refractivity contribution in [3.05, 3.63) is 88.4 Å². The number of aromatic nitrogens is 3. The molecule has 1 aliphatic carbocycles. The van der Waals surface area contributed by atoms with Gasteiger partial charge in [-0.2, -0.15) is 0 Å². The summed E-state index contributed by atoms with van der Waals surface area (Å²) in [7, 11) is 1.38. The number of rotatable bonds is 4. The molecule has 5 rings (SSSR count). The van der Waals surface area contributed by atoms with E-state index in [9.17, 15) is 18.8 Å². The molecule has 2 N–H and O–H groups in total. The normalized spacial score (nSPS) is 13.4. The number of pyridine rings is 1. The number of benzene rings is 2. The summed E-state index contributed by atoms with van der Waals surface area (Å²) in [6, 6.07) is 8.00. The van der Waals surface area contributed by atoms with Gasteiger partial charge in [0, 0.05) is 16.7 Å². The highest BCUT2D eigenvalue weighted by atomic mass is 127. The maximum absolute atomic E-state index is 15.1. The van der Waals surface area contributed by atoms with Crippen molar-refractivity contribution in [2.45, 2.75) is 25.8 Å². The second-order valence-electron chi connectivity index (χ2n) is 8.40. The van der Waals surface area contributed by atoms with Crippen LogP contribution in [0.2, 0.25) is 0 Å². The van der Waals surface area contributed by atoms with Crippen LogP contribution in [-0.2, 0) is 7.05 Å². The van der Waals surface area contributed by atoms with Crippen LogP contribution < -0.4 is 27.3 Å². The zero-order valence-corrected chi connectivity index (χ0v) is 20.8. The Balaban J connectivity index is 1.97. The molecular weight excluding hydrogens is 573 g/mol. The Morgan fingerprint density at radius 2 is 1.80 bits per heavy atom. The third-order valence-corrected chi connectivity index (χ3v) is 6.72. The molecule has 0 radical (unpaired) electrons. The Labute approximate surface area is 210 Å². The summed E-state index contributed by atoms with van der Waals surface area (Å²) in [5.74, 6) is -2.08. The van der Waals surface area contributed by atoms with Gasteiger partial charge in [-0.15, -0.1) is 0 Å². The maximum atomic E-state index is 15.1. The molecule has 0 unspecified atom stereocenters. The zero-order chi connectivity index (χ0) is 25.2. The molecule has 0 atom stereocenters. The van der Waals surface area contributed by atoms with E-state index in [2.05, 4.69) is 0 Å². The first-order valence-electron chi connectivity index (χ1n) is 10.7. The predicted molar refractivity (Wildman–Crippen MR) is 136 cm³/mol. The smallest absolute Gasteiger partial charge is 0.337 e.